The number of rotatable bonds is 3. The Labute approximate surface area is 174 Å². The van der Waals surface area contributed by atoms with Crippen molar-refractivity contribution in [3.63, 3.8) is 0 Å². The fraction of sp³-hybridized carbons (Fsp3) is 0.304. The van der Waals surface area contributed by atoms with Gasteiger partial charge in [0.15, 0.2) is 0 Å². The van der Waals surface area contributed by atoms with Gasteiger partial charge in [-0.1, -0.05) is 49.9 Å². The molecule has 2 aliphatic heterocycles. The number of nitrogens with zero attached hydrogens (tertiary/aromatic N) is 3. The number of nitriles is 1. The van der Waals surface area contributed by atoms with E-state index in [0.29, 0.717) is 24.0 Å². The molecule has 1 amide bonds. The fourth-order valence-electron chi connectivity index (χ4n) is 3.78. The third kappa shape index (κ3) is 3.75. The van der Waals surface area contributed by atoms with Crippen LogP contribution in [0.5, 0.6) is 0 Å². The van der Waals surface area contributed by atoms with Crippen LogP contribution >= 0.6 is 11.8 Å². The number of halogens is 1. The topological polar surface area (TPSA) is 47.3 Å². The average molecular weight is 408 g/mol. The average Bonchev–Trinajstić information content (AvgIpc) is 2.74. The summed E-state index contributed by atoms with van der Waals surface area (Å²) in [4.78, 5) is 16.7. The van der Waals surface area contributed by atoms with Crippen LogP contribution in [0.2, 0.25) is 0 Å². The molecule has 0 N–H and O–H groups in total. The lowest BCUT2D eigenvalue weighted by Gasteiger charge is -2.42. The number of hydrogen-bond acceptors (Lipinski definition) is 4. The number of benzene rings is 2. The molecule has 0 saturated carbocycles. The minimum Gasteiger partial charge on any atom is -0.344 e. The normalized spacial score (nSPS) is 19.4. The van der Waals surface area contributed by atoms with Crippen molar-refractivity contribution < 1.29 is 9.18 Å². The van der Waals surface area contributed by atoms with E-state index in [4.69, 9.17) is 0 Å². The van der Waals surface area contributed by atoms with Crippen LogP contribution in [0.15, 0.2) is 59.1 Å². The minimum atomic E-state index is -0.286. The summed E-state index contributed by atoms with van der Waals surface area (Å²) >= 11 is 1.49. The lowest BCUT2D eigenvalue weighted by molar-refractivity contribution is -0.129. The van der Waals surface area contributed by atoms with Crippen molar-refractivity contribution in [1.29, 1.82) is 5.26 Å². The summed E-state index contributed by atoms with van der Waals surface area (Å²) < 4.78 is 13.2. The van der Waals surface area contributed by atoms with Gasteiger partial charge in [-0.25, -0.2) is 4.39 Å². The first kappa shape index (κ1) is 19.5. The van der Waals surface area contributed by atoms with Gasteiger partial charge in [0.25, 0.3) is 0 Å². The number of fused-ring (bicyclic) bond motifs is 1. The van der Waals surface area contributed by atoms with Crippen molar-refractivity contribution in [2.24, 2.45) is 0 Å². The number of hydrogen-bond donors (Lipinski definition) is 0. The summed E-state index contributed by atoms with van der Waals surface area (Å²) in [7, 11) is 0. The second-order valence-electron chi connectivity index (χ2n) is 7.66. The molecule has 1 saturated heterocycles. The second kappa shape index (κ2) is 7.92. The molecule has 0 bridgehead atoms. The fourth-order valence-corrected chi connectivity index (χ4v) is 4.94. The molecule has 2 aliphatic rings. The third-order valence-corrected chi connectivity index (χ3v) is 6.65. The lowest BCUT2D eigenvalue weighted by atomic mass is 9.85. The summed E-state index contributed by atoms with van der Waals surface area (Å²) in [5.74, 6) is 0.564. The summed E-state index contributed by atoms with van der Waals surface area (Å²) in [5, 5.41) is 10.6. The Bertz CT molecular complexity index is 992. The van der Waals surface area contributed by atoms with E-state index in [0.717, 1.165) is 16.3 Å². The molecule has 2 aromatic rings. The van der Waals surface area contributed by atoms with Crippen LogP contribution in [0.1, 0.15) is 43.2 Å². The van der Waals surface area contributed by atoms with E-state index >= 15 is 0 Å². The Morgan fingerprint density at radius 1 is 1.14 bits per heavy atom. The first-order chi connectivity index (χ1) is 14.0. The van der Waals surface area contributed by atoms with Crippen LogP contribution in [0.25, 0.3) is 0 Å². The summed E-state index contributed by atoms with van der Waals surface area (Å²) in [6.45, 7) is 4.66. The zero-order valence-corrected chi connectivity index (χ0v) is 17.2. The molecule has 4 rings (SSSR count). The maximum Gasteiger partial charge on any atom is 0.229 e. The number of thioether (sulfide) groups is 1. The first-order valence-corrected chi connectivity index (χ1v) is 10.6. The molecule has 0 radical (unpaired) electrons. The van der Waals surface area contributed by atoms with Gasteiger partial charge in [0, 0.05) is 18.0 Å². The molecule has 1 fully saturated rings. The molecule has 0 aliphatic carbocycles. The van der Waals surface area contributed by atoms with Crippen LogP contribution in [0, 0.1) is 17.1 Å². The largest absolute Gasteiger partial charge is 0.344 e. The standard InChI is InChI=1S/C23H22FN3OS/c1-15(2)16-3-5-17(6-4-16)20-11-22(28)27-13-26(14-29-23(27)21(20)12-25)19-9-7-18(24)8-10-19/h3-10,15,20H,11,13-14H2,1-2H3/t20-/m1/s1. The predicted molar refractivity (Wildman–Crippen MR) is 114 cm³/mol. The van der Waals surface area contributed by atoms with E-state index in [1.165, 1.54) is 29.5 Å². The Morgan fingerprint density at radius 2 is 1.83 bits per heavy atom. The molecule has 2 heterocycles. The van der Waals surface area contributed by atoms with Crippen molar-refractivity contribution in [1.82, 2.24) is 4.90 Å². The van der Waals surface area contributed by atoms with Gasteiger partial charge in [0.2, 0.25) is 5.91 Å². The van der Waals surface area contributed by atoms with Crippen LogP contribution in [-0.4, -0.2) is 23.4 Å². The zero-order chi connectivity index (χ0) is 20.5. The Hall–Kier alpha value is -2.78. The molecule has 6 heteroatoms. The first-order valence-electron chi connectivity index (χ1n) is 9.65. The van der Waals surface area contributed by atoms with Gasteiger partial charge in [-0.3, -0.25) is 9.69 Å². The number of anilines is 1. The van der Waals surface area contributed by atoms with Crippen molar-refractivity contribution in [2.75, 3.05) is 17.4 Å². The molecular formula is C23H22FN3OS. The highest BCUT2D eigenvalue weighted by atomic mass is 32.2. The van der Waals surface area contributed by atoms with E-state index in [1.807, 2.05) is 17.0 Å². The number of allylic oxidation sites excluding steroid dienone is 1. The van der Waals surface area contributed by atoms with Crippen LogP contribution in [0.4, 0.5) is 10.1 Å². The van der Waals surface area contributed by atoms with E-state index < -0.39 is 0 Å². The number of carbonyl (C=O) groups excluding carboxylic acids is 1. The van der Waals surface area contributed by atoms with Gasteiger partial charge in [0.1, 0.15) is 5.82 Å². The maximum atomic E-state index is 13.2. The Kier molecular flexibility index (Phi) is 5.33. The quantitative estimate of drug-likeness (QED) is 0.704. The molecule has 1 atom stereocenters. The highest BCUT2D eigenvalue weighted by Crippen LogP contribution is 2.43. The van der Waals surface area contributed by atoms with Crippen molar-refractivity contribution in [2.45, 2.75) is 32.1 Å². The molecule has 0 aromatic heterocycles. The van der Waals surface area contributed by atoms with Gasteiger partial charge < -0.3 is 4.90 Å². The van der Waals surface area contributed by atoms with Gasteiger partial charge in [0.05, 0.1) is 29.2 Å². The smallest absolute Gasteiger partial charge is 0.229 e. The van der Waals surface area contributed by atoms with Crippen LogP contribution < -0.4 is 4.90 Å². The molecule has 0 unspecified atom stereocenters. The molecule has 148 valence electrons. The predicted octanol–water partition coefficient (Wildman–Crippen LogP) is 5.17. The van der Waals surface area contributed by atoms with Gasteiger partial charge in [-0.05, 0) is 41.3 Å². The molecule has 0 spiro atoms. The van der Waals surface area contributed by atoms with Crippen LogP contribution in [-0.2, 0) is 4.79 Å². The number of amides is 1. The van der Waals surface area contributed by atoms with Gasteiger partial charge >= 0.3 is 0 Å². The zero-order valence-electron chi connectivity index (χ0n) is 16.4. The van der Waals surface area contributed by atoms with Crippen molar-refractivity contribution in [3.8, 4) is 6.07 Å². The van der Waals surface area contributed by atoms with Crippen LogP contribution in [0.3, 0.4) is 0 Å². The molecule has 4 nitrogen and oxygen atoms in total. The second-order valence-corrected chi connectivity index (χ2v) is 8.60. The third-order valence-electron chi connectivity index (χ3n) is 5.49. The van der Waals surface area contributed by atoms with Crippen molar-refractivity contribution in [3.05, 3.63) is 76.1 Å². The van der Waals surface area contributed by atoms with Gasteiger partial charge in [-0.15, -0.1) is 0 Å². The Balaban J connectivity index is 1.63. The minimum absolute atomic E-state index is 0.0104. The summed E-state index contributed by atoms with van der Waals surface area (Å²) in [6.07, 6.45) is 0.283. The van der Waals surface area contributed by atoms with E-state index in [9.17, 15) is 14.4 Å². The molecule has 29 heavy (non-hydrogen) atoms. The monoisotopic (exact) mass is 407 g/mol. The highest BCUT2D eigenvalue weighted by Gasteiger charge is 2.38. The highest BCUT2D eigenvalue weighted by molar-refractivity contribution is 8.03. The lowest BCUT2D eigenvalue weighted by Crippen LogP contribution is -2.47. The van der Waals surface area contributed by atoms with E-state index in [1.54, 1.807) is 17.0 Å². The molecular weight excluding hydrogens is 385 g/mol. The summed E-state index contributed by atoms with van der Waals surface area (Å²) in [6, 6.07) is 16.9. The Morgan fingerprint density at radius 3 is 2.45 bits per heavy atom. The summed E-state index contributed by atoms with van der Waals surface area (Å²) in [5.41, 5.74) is 3.76. The van der Waals surface area contributed by atoms with Gasteiger partial charge in [-0.2, -0.15) is 5.26 Å². The van der Waals surface area contributed by atoms with E-state index in [-0.39, 0.29) is 24.1 Å². The number of carbonyl (C=O) groups is 1. The van der Waals surface area contributed by atoms with E-state index in [2.05, 4.69) is 32.0 Å². The SMILES string of the molecule is CC(C)c1ccc([C@H]2CC(=O)N3CN(c4ccc(F)cc4)CSC3=C2C#N)cc1. The maximum absolute atomic E-state index is 13.2. The molecule has 2 aromatic carbocycles. The van der Waals surface area contributed by atoms with Crippen molar-refractivity contribution >= 4 is 23.4 Å².